The smallest absolute Gasteiger partial charge is 0.245 e. The van der Waals surface area contributed by atoms with E-state index in [0.29, 0.717) is 5.82 Å². The van der Waals surface area contributed by atoms with Crippen LogP contribution in [0.2, 0.25) is 10.4 Å². The van der Waals surface area contributed by atoms with Crippen molar-refractivity contribution in [3.63, 3.8) is 0 Å². The van der Waals surface area contributed by atoms with Gasteiger partial charge in [0.15, 0.2) is 11.0 Å². The molecule has 1 aliphatic heterocycles. The van der Waals surface area contributed by atoms with Gasteiger partial charge in [0.1, 0.15) is 0 Å². The summed E-state index contributed by atoms with van der Waals surface area (Å²) in [6, 6.07) is 0. The Morgan fingerprint density at radius 3 is 2.76 bits per heavy atom. The molecule has 1 aromatic heterocycles. The van der Waals surface area contributed by atoms with Crippen LogP contribution < -0.4 is 5.32 Å². The molecule has 1 N–H and O–H groups in total. The zero-order chi connectivity index (χ0) is 12.1. The van der Waals surface area contributed by atoms with E-state index in [1.165, 1.54) is 11.5 Å². The zero-order valence-electron chi connectivity index (χ0n) is 9.20. The number of halogens is 2. The highest BCUT2D eigenvalue weighted by Crippen LogP contribution is 2.16. The second-order valence-electron chi connectivity index (χ2n) is 3.60. The van der Waals surface area contributed by atoms with E-state index < -0.39 is 0 Å². The number of anilines is 1. The third kappa shape index (κ3) is 4.13. The van der Waals surface area contributed by atoms with E-state index in [-0.39, 0.29) is 10.4 Å². The molecule has 0 radical (unpaired) electrons. The lowest BCUT2D eigenvalue weighted by Crippen LogP contribution is -2.36. The number of hydrogen-bond acceptors (Lipinski definition) is 6. The predicted molar refractivity (Wildman–Crippen MR) is 72.1 cm³/mol. The van der Waals surface area contributed by atoms with Crippen LogP contribution in [0.25, 0.3) is 0 Å². The van der Waals surface area contributed by atoms with Gasteiger partial charge in [0, 0.05) is 37.7 Å². The van der Waals surface area contributed by atoms with Crippen LogP contribution in [-0.4, -0.2) is 57.8 Å². The first-order valence-corrected chi connectivity index (χ1v) is 7.26. The molecule has 0 aromatic carbocycles. The van der Waals surface area contributed by atoms with Gasteiger partial charge in [0.2, 0.25) is 5.28 Å². The average Bonchev–Trinajstić information content (AvgIpc) is 2.35. The number of aromatic nitrogens is 3. The van der Waals surface area contributed by atoms with Crippen molar-refractivity contribution in [3.8, 4) is 0 Å². The highest BCUT2D eigenvalue weighted by Gasteiger charge is 2.10. The molecule has 0 saturated carbocycles. The minimum Gasteiger partial charge on any atom is -0.366 e. The lowest BCUT2D eigenvalue weighted by Gasteiger charge is -2.26. The molecule has 0 atom stereocenters. The van der Waals surface area contributed by atoms with E-state index in [1.54, 1.807) is 0 Å². The summed E-state index contributed by atoms with van der Waals surface area (Å²) in [5, 5.41) is 10.7. The molecule has 94 valence electrons. The molecule has 0 amide bonds. The fourth-order valence-corrected chi connectivity index (χ4v) is 2.81. The topological polar surface area (TPSA) is 53.9 Å². The summed E-state index contributed by atoms with van der Waals surface area (Å²) < 4.78 is 0. The Balaban J connectivity index is 1.79. The Bertz CT molecular complexity index is 372. The van der Waals surface area contributed by atoms with Gasteiger partial charge in [-0.25, -0.2) is 0 Å². The van der Waals surface area contributed by atoms with Crippen LogP contribution in [-0.2, 0) is 0 Å². The lowest BCUT2D eigenvalue weighted by atomic mass is 10.4. The van der Waals surface area contributed by atoms with Crippen molar-refractivity contribution in [1.82, 2.24) is 20.1 Å². The number of thioether (sulfide) groups is 1. The molecule has 5 nitrogen and oxygen atoms in total. The number of nitrogens with one attached hydrogen (secondary N) is 1. The first-order chi connectivity index (χ1) is 8.25. The summed E-state index contributed by atoms with van der Waals surface area (Å²) in [6.07, 6.45) is 0. The predicted octanol–water partition coefficient (Wildman–Crippen LogP) is 1.64. The summed E-state index contributed by atoms with van der Waals surface area (Å²) in [7, 11) is 0. The minimum absolute atomic E-state index is 0.103. The van der Waals surface area contributed by atoms with Gasteiger partial charge in [-0.1, -0.05) is 11.6 Å². The Kier molecular flexibility index (Phi) is 5.09. The molecular formula is C9H13Cl2N5S. The van der Waals surface area contributed by atoms with Crippen molar-refractivity contribution in [2.24, 2.45) is 0 Å². The molecule has 1 aliphatic rings. The van der Waals surface area contributed by atoms with Crippen molar-refractivity contribution >= 4 is 40.8 Å². The third-order valence-corrected chi connectivity index (χ3v) is 3.80. The number of hydrogen-bond donors (Lipinski definition) is 1. The molecule has 1 fully saturated rings. The monoisotopic (exact) mass is 293 g/mol. The highest BCUT2D eigenvalue weighted by atomic mass is 35.5. The second-order valence-corrected chi connectivity index (χ2v) is 5.52. The van der Waals surface area contributed by atoms with Gasteiger partial charge in [-0.05, 0) is 11.6 Å². The Labute approximate surface area is 114 Å². The Hall–Kier alpha value is -0.300. The van der Waals surface area contributed by atoms with E-state index in [0.717, 1.165) is 26.2 Å². The summed E-state index contributed by atoms with van der Waals surface area (Å²) in [5.74, 6) is 2.92. The maximum Gasteiger partial charge on any atom is 0.245 e. The van der Waals surface area contributed by atoms with Crippen molar-refractivity contribution in [3.05, 3.63) is 10.4 Å². The maximum absolute atomic E-state index is 5.84. The molecule has 8 heteroatoms. The maximum atomic E-state index is 5.84. The standard InChI is InChI=1S/C9H13Cl2N5S/c10-7-8(13-9(11)15-14-7)12-1-2-16-3-5-17-6-4-16/h1-6H2,(H,12,13,15). The molecule has 0 bridgehead atoms. The fraction of sp³-hybridized carbons (Fsp3) is 0.667. The first kappa shape index (κ1) is 13.1. The van der Waals surface area contributed by atoms with Crippen LogP contribution in [0.1, 0.15) is 0 Å². The van der Waals surface area contributed by atoms with Crippen molar-refractivity contribution in [1.29, 1.82) is 0 Å². The van der Waals surface area contributed by atoms with E-state index in [9.17, 15) is 0 Å². The minimum atomic E-state index is 0.103. The quantitative estimate of drug-likeness (QED) is 0.911. The molecule has 0 aliphatic carbocycles. The average molecular weight is 294 g/mol. The third-order valence-electron chi connectivity index (χ3n) is 2.44. The van der Waals surface area contributed by atoms with Gasteiger partial charge in [-0.2, -0.15) is 16.7 Å². The Morgan fingerprint density at radius 2 is 2.00 bits per heavy atom. The second kappa shape index (κ2) is 6.58. The lowest BCUT2D eigenvalue weighted by molar-refractivity contribution is 0.314. The fourth-order valence-electron chi connectivity index (χ4n) is 1.56. The van der Waals surface area contributed by atoms with Crippen LogP contribution in [0.4, 0.5) is 5.82 Å². The van der Waals surface area contributed by atoms with Gasteiger partial charge in [-0.3, -0.25) is 4.90 Å². The molecule has 2 heterocycles. The van der Waals surface area contributed by atoms with Gasteiger partial charge < -0.3 is 5.32 Å². The van der Waals surface area contributed by atoms with Crippen molar-refractivity contribution in [2.75, 3.05) is 43.0 Å². The molecule has 1 saturated heterocycles. The van der Waals surface area contributed by atoms with Crippen LogP contribution >= 0.6 is 35.0 Å². The first-order valence-electron chi connectivity index (χ1n) is 5.35. The summed E-state index contributed by atoms with van der Waals surface area (Å²) >= 11 is 13.5. The summed E-state index contributed by atoms with van der Waals surface area (Å²) in [4.78, 5) is 6.39. The molecule has 2 rings (SSSR count). The van der Waals surface area contributed by atoms with E-state index in [4.69, 9.17) is 23.2 Å². The zero-order valence-corrected chi connectivity index (χ0v) is 11.5. The van der Waals surface area contributed by atoms with Crippen molar-refractivity contribution in [2.45, 2.75) is 0 Å². The van der Waals surface area contributed by atoms with E-state index in [1.807, 2.05) is 11.8 Å². The van der Waals surface area contributed by atoms with Crippen LogP contribution in [0.15, 0.2) is 0 Å². The van der Waals surface area contributed by atoms with E-state index in [2.05, 4.69) is 25.4 Å². The molecule has 1 aromatic rings. The molecular weight excluding hydrogens is 281 g/mol. The SMILES string of the molecule is Clc1nnc(Cl)c(NCCN2CCSCC2)n1. The summed E-state index contributed by atoms with van der Waals surface area (Å²) in [5.41, 5.74) is 0. The Morgan fingerprint density at radius 1 is 1.24 bits per heavy atom. The van der Waals surface area contributed by atoms with Gasteiger partial charge in [0.25, 0.3) is 0 Å². The molecule has 0 unspecified atom stereocenters. The van der Waals surface area contributed by atoms with Gasteiger partial charge >= 0.3 is 0 Å². The van der Waals surface area contributed by atoms with Crippen LogP contribution in [0, 0.1) is 0 Å². The van der Waals surface area contributed by atoms with Crippen LogP contribution in [0.5, 0.6) is 0 Å². The van der Waals surface area contributed by atoms with E-state index >= 15 is 0 Å². The molecule has 17 heavy (non-hydrogen) atoms. The van der Waals surface area contributed by atoms with Crippen molar-refractivity contribution < 1.29 is 0 Å². The summed E-state index contributed by atoms with van der Waals surface area (Å²) in [6.45, 7) is 4.03. The highest BCUT2D eigenvalue weighted by molar-refractivity contribution is 7.99. The number of rotatable bonds is 4. The van der Waals surface area contributed by atoms with Gasteiger partial charge in [0.05, 0.1) is 0 Å². The largest absolute Gasteiger partial charge is 0.366 e. The van der Waals surface area contributed by atoms with Crippen LogP contribution in [0.3, 0.4) is 0 Å². The van der Waals surface area contributed by atoms with Gasteiger partial charge in [-0.15, -0.1) is 10.2 Å². The number of nitrogens with zero attached hydrogens (tertiary/aromatic N) is 4. The molecule has 0 spiro atoms. The normalized spacial score (nSPS) is 17.1.